The molecule has 2 aliphatic rings. The molecule has 0 bridgehead atoms. The molecule has 2 unspecified atom stereocenters. The Hall–Kier alpha value is -5.45. The number of benzene rings is 4. The highest BCUT2D eigenvalue weighted by Gasteiger charge is 2.53. The standard InChI is InChI=1S/C39H37FN6O3/c1-28(36(41)47)46(23-24-49-38(46)48)33-17-18-34(35(40)25-33)29-26-42-37(43-27-29)44-19-21-45(22-20-44)39(30-11-5-2-6-12-30,31-13-7-3-8-14-31)32-15-9-4-10-16-32/h2-18,25-28H,19-24H2,1H3,(H-,41,47)/p+1. The van der Waals surface area contributed by atoms with Crippen LogP contribution in [0.5, 0.6) is 0 Å². The van der Waals surface area contributed by atoms with Gasteiger partial charge in [0.2, 0.25) is 5.95 Å². The van der Waals surface area contributed by atoms with Crippen molar-refractivity contribution in [1.82, 2.24) is 19.4 Å². The quantitative estimate of drug-likeness (QED) is 0.160. The number of amides is 2. The summed E-state index contributed by atoms with van der Waals surface area (Å²) in [4.78, 5) is 38.9. The second-order valence-electron chi connectivity index (χ2n) is 12.5. The fourth-order valence-corrected chi connectivity index (χ4v) is 7.45. The highest BCUT2D eigenvalue weighted by atomic mass is 19.1. The van der Waals surface area contributed by atoms with Crippen LogP contribution in [0.4, 0.5) is 20.8 Å². The fraction of sp³-hybridized carbons (Fsp3) is 0.231. The van der Waals surface area contributed by atoms with Crippen LogP contribution >= 0.6 is 0 Å². The van der Waals surface area contributed by atoms with Gasteiger partial charge < -0.3 is 15.4 Å². The predicted octanol–water partition coefficient (Wildman–Crippen LogP) is 5.73. The molecule has 10 heteroatoms. The highest BCUT2D eigenvalue weighted by Crippen LogP contribution is 2.43. The number of rotatable bonds is 9. The fourth-order valence-electron chi connectivity index (χ4n) is 7.45. The summed E-state index contributed by atoms with van der Waals surface area (Å²) >= 11 is 0. The van der Waals surface area contributed by atoms with E-state index in [9.17, 15) is 9.59 Å². The third-order valence-corrected chi connectivity index (χ3v) is 10.0. The zero-order chi connectivity index (χ0) is 34.0. The number of piperazine rings is 1. The summed E-state index contributed by atoms with van der Waals surface area (Å²) in [6, 6.07) is 35.5. The van der Waals surface area contributed by atoms with E-state index >= 15 is 4.39 Å². The molecule has 5 aromatic rings. The molecule has 0 aliphatic carbocycles. The minimum atomic E-state index is -0.915. The number of ether oxygens (including phenoxy) is 1. The Balaban J connectivity index is 1.14. The summed E-state index contributed by atoms with van der Waals surface area (Å²) in [5, 5.41) is 0. The van der Waals surface area contributed by atoms with Crippen molar-refractivity contribution < 1.29 is 18.7 Å². The summed E-state index contributed by atoms with van der Waals surface area (Å²) in [6.07, 6.45) is 2.62. The Morgan fingerprint density at radius 3 is 1.82 bits per heavy atom. The maximum atomic E-state index is 15.6. The summed E-state index contributed by atoms with van der Waals surface area (Å²) in [7, 11) is 0. The van der Waals surface area contributed by atoms with Gasteiger partial charge in [0, 0.05) is 61.8 Å². The van der Waals surface area contributed by atoms with Crippen molar-refractivity contribution in [1.29, 1.82) is 0 Å². The molecule has 2 amide bonds. The van der Waals surface area contributed by atoms with Crippen LogP contribution in [-0.2, 0) is 15.1 Å². The monoisotopic (exact) mass is 657 g/mol. The number of nitrogens with zero attached hydrogens (tertiary/aromatic N) is 5. The topological polar surface area (TPSA) is 102 Å². The van der Waals surface area contributed by atoms with Crippen LogP contribution in [0.1, 0.15) is 23.6 Å². The van der Waals surface area contributed by atoms with E-state index in [0.29, 0.717) is 30.3 Å². The molecule has 1 aromatic heterocycles. The molecule has 49 heavy (non-hydrogen) atoms. The zero-order valence-corrected chi connectivity index (χ0v) is 27.3. The van der Waals surface area contributed by atoms with Crippen molar-refractivity contribution in [3.8, 4) is 11.1 Å². The number of quaternary nitrogens is 1. The van der Waals surface area contributed by atoms with Crippen LogP contribution in [0.2, 0.25) is 0 Å². The summed E-state index contributed by atoms with van der Waals surface area (Å²) in [5.74, 6) is -0.654. The second-order valence-corrected chi connectivity index (χ2v) is 12.5. The van der Waals surface area contributed by atoms with Crippen molar-refractivity contribution in [3.05, 3.63) is 144 Å². The second kappa shape index (κ2) is 13.2. The van der Waals surface area contributed by atoms with Crippen LogP contribution in [0, 0.1) is 5.82 Å². The third kappa shape index (κ3) is 5.52. The van der Waals surface area contributed by atoms with Crippen molar-refractivity contribution in [3.63, 3.8) is 0 Å². The molecule has 4 aromatic carbocycles. The number of aromatic nitrogens is 2. The SMILES string of the molecule is CC(C(N)=O)[N+]1(c2ccc(-c3cnc(N4CCN(C(c5ccccc5)(c5ccccc5)c5ccccc5)CC4)nc3)c(F)c2)CCOC1=O. The van der Waals surface area contributed by atoms with Crippen LogP contribution in [-0.4, -0.2) is 72.2 Å². The van der Waals surface area contributed by atoms with Gasteiger partial charge in [-0.2, -0.15) is 9.28 Å². The van der Waals surface area contributed by atoms with Crippen molar-refractivity contribution in [2.45, 2.75) is 18.5 Å². The van der Waals surface area contributed by atoms with E-state index in [1.54, 1.807) is 31.5 Å². The third-order valence-electron chi connectivity index (χ3n) is 10.0. The van der Waals surface area contributed by atoms with Gasteiger partial charge in [-0.05, 0) is 29.7 Å². The Kier molecular flexibility index (Phi) is 8.66. The number of primary amides is 1. The Labute approximate surface area is 285 Å². The summed E-state index contributed by atoms with van der Waals surface area (Å²) in [6.45, 7) is 4.77. The maximum absolute atomic E-state index is 15.6. The van der Waals surface area contributed by atoms with Crippen LogP contribution in [0.15, 0.2) is 122 Å². The van der Waals surface area contributed by atoms with Crippen LogP contribution < -0.4 is 15.1 Å². The van der Waals surface area contributed by atoms with Crippen molar-refractivity contribution in [2.24, 2.45) is 5.73 Å². The molecule has 2 N–H and O–H groups in total. The number of halogens is 1. The van der Waals surface area contributed by atoms with E-state index in [2.05, 4.69) is 111 Å². The first-order chi connectivity index (χ1) is 23.9. The number of carbonyl (C=O) groups excluding carboxylic acids is 2. The van der Waals surface area contributed by atoms with Crippen LogP contribution in [0.25, 0.3) is 11.1 Å². The Bertz CT molecular complexity index is 1840. The molecule has 2 saturated heterocycles. The number of hydrogen-bond acceptors (Lipinski definition) is 7. The van der Waals surface area contributed by atoms with E-state index in [-0.39, 0.29) is 18.7 Å². The normalized spacial score (nSPS) is 19.0. The molecule has 3 heterocycles. The number of carbonyl (C=O) groups is 2. The van der Waals surface area contributed by atoms with Gasteiger partial charge in [0.05, 0.1) is 5.54 Å². The van der Waals surface area contributed by atoms with E-state index in [1.165, 1.54) is 22.8 Å². The lowest BCUT2D eigenvalue weighted by atomic mass is 9.75. The van der Waals surface area contributed by atoms with Gasteiger partial charge in [-0.15, -0.1) is 0 Å². The van der Waals surface area contributed by atoms with E-state index in [4.69, 9.17) is 10.5 Å². The van der Waals surface area contributed by atoms with Gasteiger partial charge in [0.15, 0.2) is 6.04 Å². The highest BCUT2D eigenvalue weighted by molar-refractivity contribution is 5.93. The molecule has 9 nitrogen and oxygen atoms in total. The molecule has 248 valence electrons. The zero-order valence-electron chi connectivity index (χ0n) is 27.3. The molecule has 2 aliphatic heterocycles. The van der Waals surface area contributed by atoms with Gasteiger partial charge in [-0.1, -0.05) is 91.0 Å². The molecule has 2 atom stereocenters. The van der Waals surface area contributed by atoms with Gasteiger partial charge in [-0.25, -0.2) is 14.4 Å². The minimum absolute atomic E-state index is 0.120. The largest absolute Gasteiger partial charge is 0.522 e. The average Bonchev–Trinajstić information content (AvgIpc) is 3.55. The first-order valence-corrected chi connectivity index (χ1v) is 16.5. The molecule has 0 spiro atoms. The lowest BCUT2D eigenvalue weighted by Crippen LogP contribution is -2.61. The number of hydrogen-bond donors (Lipinski definition) is 1. The average molecular weight is 658 g/mol. The molecule has 2 fully saturated rings. The van der Waals surface area contributed by atoms with E-state index in [0.717, 1.165) is 13.1 Å². The number of cyclic esters (lactones) is 1. The molecular weight excluding hydrogens is 619 g/mol. The van der Waals surface area contributed by atoms with Gasteiger partial charge in [0.1, 0.15) is 24.7 Å². The lowest BCUT2D eigenvalue weighted by molar-refractivity contribution is -0.121. The smallest absolute Gasteiger partial charge is 0.414 e. The van der Waals surface area contributed by atoms with E-state index < -0.39 is 33.9 Å². The van der Waals surface area contributed by atoms with Gasteiger partial charge in [0.25, 0.3) is 5.91 Å². The molecule has 0 saturated carbocycles. The minimum Gasteiger partial charge on any atom is -0.414 e. The Morgan fingerprint density at radius 1 is 0.837 bits per heavy atom. The number of nitrogens with two attached hydrogens (primary N) is 1. The predicted molar refractivity (Wildman–Crippen MR) is 187 cm³/mol. The van der Waals surface area contributed by atoms with Gasteiger partial charge in [-0.3, -0.25) is 9.69 Å². The van der Waals surface area contributed by atoms with Crippen molar-refractivity contribution >= 4 is 23.6 Å². The van der Waals surface area contributed by atoms with E-state index in [1.807, 2.05) is 0 Å². The molecular formula is C39H38FN6O3+. The molecule has 0 radical (unpaired) electrons. The maximum Gasteiger partial charge on any atom is 0.522 e. The first-order valence-electron chi connectivity index (χ1n) is 16.5. The number of anilines is 1. The van der Waals surface area contributed by atoms with Crippen molar-refractivity contribution in [2.75, 3.05) is 44.2 Å². The Morgan fingerprint density at radius 2 is 1.37 bits per heavy atom. The lowest BCUT2D eigenvalue weighted by Gasteiger charge is -2.49. The summed E-state index contributed by atoms with van der Waals surface area (Å²) < 4.78 is 20.3. The summed E-state index contributed by atoms with van der Waals surface area (Å²) in [5.41, 5.74) is 9.77. The first kappa shape index (κ1) is 32.1. The molecule has 7 rings (SSSR count). The van der Waals surface area contributed by atoms with Gasteiger partial charge >= 0.3 is 6.09 Å². The van der Waals surface area contributed by atoms with Crippen LogP contribution in [0.3, 0.4) is 0 Å².